The van der Waals surface area contributed by atoms with Crippen molar-refractivity contribution in [1.82, 2.24) is 20.9 Å². The van der Waals surface area contributed by atoms with E-state index in [-0.39, 0.29) is 41.9 Å². The number of hydrogen-bond acceptors (Lipinski definition) is 6. The van der Waals surface area contributed by atoms with Gasteiger partial charge in [-0.15, -0.1) is 0 Å². The van der Waals surface area contributed by atoms with Crippen LogP contribution in [0, 0.1) is 0 Å². The zero-order chi connectivity index (χ0) is 43.2. The van der Waals surface area contributed by atoms with Crippen LogP contribution in [0.5, 0.6) is 0 Å². The van der Waals surface area contributed by atoms with E-state index in [1.807, 2.05) is 97.9 Å². The Morgan fingerprint density at radius 1 is 0.754 bits per heavy atom. The van der Waals surface area contributed by atoms with E-state index in [1.165, 1.54) is 0 Å². The van der Waals surface area contributed by atoms with Gasteiger partial charge in [0.15, 0.2) is 5.78 Å². The highest BCUT2D eigenvalue weighted by molar-refractivity contribution is 6.99. The maximum atomic E-state index is 14.6. The molecular formula is C50H60N4O6Si. The number of nitrogens with one attached hydrogen (secondary N) is 3. The quantitative estimate of drug-likeness (QED) is 0.123. The Kier molecular flexibility index (Phi) is 13.4. The van der Waals surface area contributed by atoms with Gasteiger partial charge in [-0.3, -0.25) is 24.0 Å². The number of Topliss-reactive ketones (excluding diaryl/α,β-unsaturated/α-hetero) is 1. The second kappa shape index (κ2) is 18.7. The topological polar surface area (TPSA) is 134 Å². The van der Waals surface area contributed by atoms with Crippen molar-refractivity contribution in [2.45, 2.75) is 127 Å². The molecule has 4 atom stereocenters. The zero-order valence-corrected chi connectivity index (χ0v) is 37.0. The highest BCUT2D eigenvalue weighted by Gasteiger charge is 2.52. The van der Waals surface area contributed by atoms with Gasteiger partial charge < -0.3 is 25.3 Å². The summed E-state index contributed by atoms with van der Waals surface area (Å²) in [4.78, 5) is 72.8. The molecule has 320 valence electrons. The molecule has 0 unspecified atom stereocenters. The summed E-state index contributed by atoms with van der Waals surface area (Å²) in [6.07, 6.45) is 3.65. The summed E-state index contributed by atoms with van der Waals surface area (Å²) in [5, 5.41) is 11.2. The Balaban J connectivity index is 1.05. The highest BCUT2D eigenvalue weighted by Crippen LogP contribution is 2.38. The minimum Gasteiger partial charge on any atom is -0.398 e. The van der Waals surface area contributed by atoms with Gasteiger partial charge in [-0.2, -0.15) is 0 Å². The number of fused-ring (bicyclic) bond motifs is 2. The molecule has 0 bridgehead atoms. The fourth-order valence-electron chi connectivity index (χ4n) is 9.68. The Hall–Kier alpha value is -5.39. The van der Waals surface area contributed by atoms with Gasteiger partial charge in [0.1, 0.15) is 29.8 Å². The molecule has 2 fully saturated rings. The molecule has 0 saturated carbocycles. The summed E-state index contributed by atoms with van der Waals surface area (Å²) in [6.45, 7) is 8.83. The van der Waals surface area contributed by atoms with E-state index in [1.54, 1.807) is 4.90 Å². The summed E-state index contributed by atoms with van der Waals surface area (Å²) < 4.78 is 7.07. The summed E-state index contributed by atoms with van der Waals surface area (Å²) >= 11 is 0. The van der Waals surface area contributed by atoms with Crippen molar-refractivity contribution in [1.29, 1.82) is 0 Å². The van der Waals surface area contributed by atoms with Gasteiger partial charge >= 0.3 is 0 Å². The highest BCUT2D eigenvalue weighted by atomic mass is 28.4. The number of unbranched alkanes of at least 4 members (excludes halogenated alkanes) is 2. The molecule has 4 aromatic carbocycles. The monoisotopic (exact) mass is 840 g/mol. The summed E-state index contributed by atoms with van der Waals surface area (Å²) in [5.74, 6) is -1.50. The smallest absolute Gasteiger partial charge is 0.262 e. The van der Waals surface area contributed by atoms with Gasteiger partial charge in [0.2, 0.25) is 23.6 Å². The van der Waals surface area contributed by atoms with Crippen LogP contribution in [-0.4, -0.2) is 78.9 Å². The molecule has 3 aliphatic rings. The van der Waals surface area contributed by atoms with Crippen LogP contribution in [0.2, 0.25) is 5.04 Å². The number of carbonyl (C=O) groups is 5. The number of amides is 4. The SMILES string of the molecule is C[C@@H](O[Si](c1ccccc1)(c1ccccc1)C(C)(C)C)C(=O)CCCCC[C@@H]1NC(=O)[C@H]2CCCN2C(=O)[C@H](Cc2ccccc2)NC(=O)C2(Cc3ccccc3C2)NC1=O. The first-order valence-electron chi connectivity index (χ1n) is 22.0. The molecule has 61 heavy (non-hydrogen) atoms. The van der Waals surface area contributed by atoms with E-state index in [9.17, 15) is 24.0 Å². The molecule has 11 heteroatoms. The lowest BCUT2D eigenvalue weighted by atomic mass is 9.91. The van der Waals surface area contributed by atoms with E-state index in [4.69, 9.17) is 4.43 Å². The second-order valence-electron chi connectivity index (χ2n) is 18.1. The van der Waals surface area contributed by atoms with Gasteiger partial charge in [0.25, 0.3) is 8.32 Å². The second-order valence-corrected chi connectivity index (χ2v) is 22.4. The number of ketones is 1. The van der Waals surface area contributed by atoms with Gasteiger partial charge in [0, 0.05) is 32.2 Å². The largest absolute Gasteiger partial charge is 0.398 e. The predicted molar refractivity (Wildman–Crippen MR) is 240 cm³/mol. The van der Waals surface area contributed by atoms with Gasteiger partial charge in [-0.25, -0.2) is 0 Å². The molecule has 10 nitrogen and oxygen atoms in total. The number of rotatable bonds is 13. The van der Waals surface area contributed by atoms with Crippen LogP contribution in [0.25, 0.3) is 0 Å². The Morgan fingerprint density at radius 2 is 1.33 bits per heavy atom. The van der Waals surface area contributed by atoms with Crippen molar-refractivity contribution in [3.8, 4) is 0 Å². The first kappa shape index (κ1) is 43.7. The summed E-state index contributed by atoms with van der Waals surface area (Å²) in [5.41, 5.74) is 1.43. The van der Waals surface area contributed by atoms with E-state index < -0.39 is 49.9 Å². The van der Waals surface area contributed by atoms with E-state index in [0.717, 1.165) is 27.1 Å². The number of hydrogen-bond donors (Lipinski definition) is 3. The summed E-state index contributed by atoms with van der Waals surface area (Å²) in [6, 6.07) is 35.2. The van der Waals surface area contributed by atoms with Crippen LogP contribution >= 0.6 is 0 Å². The van der Waals surface area contributed by atoms with Crippen molar-refractivity contribution in [2.75, 3.05) is 6.54 Å². The fraction of sp³-hybridized carbons (Fsp3) is 0.420. The predicted octanol–water partition coefficient (Wildman–Crippen LogP) is 5.34. The van der Waals surface area contributed by atoms with Crippen molar-refractivity contribution in [3.05, 3.63) is 132 Å². The van der Waals surface area contributed by atoms with Crippen LogP contribution in [-0.2, 0) is 47.7 Å². The Labute approximate surface area is 361 Å². The average Bonchev–Trinajstić information content (AvgIpc) is 3.91. The summed E-state index contributed by atoms with van der Waals surface area (Å²) in [7, 11) is -2.92. The molecule has 0 aromatic heterocycles. The molecule has 0 radical (unpaired) electrons. The molecule has 7 rings (SSSR count). The molecule has 4 amide bonds. The zero-order valence-electron chi connectivity index (χ0n) is 36.0. The number of carbonyl (C=O) groups excluding carboxylic acids is 5. The Morgan fingerprint density at radius 3 is 1.92 bits per heavy atom. The van der Waals surface area contributed by atoms with Crippen molar-refractivity contribution >= 4 is 48.1 Å². The third-order valence-electron chi connectivity index (χ3n) is 12.9. The third kappa shape index (κ3) is 9.43. The molecule has 1 spiro atoms. The maximum Gasteiger partial charge on any atom is 0.262 e. The lowest BCUT2D eigenvalue weighted by Gasteiger charge is -2.44. The van der Waals surface area contributed by atoms with Gasteiger partial charge in [0.05, 0.1) is 0 Å². The number of benzene rings is 4. The molecule has 4 aromatic rings. The molecular weight excluding hydrogens is 781 g/mol. The molecule has 1 aliphatic carbocycles. The van der Waals surface area contributed by atoms with Crippen LogP contribution in [0.3, 0.4) is 0 Å². The Bertz CT molecular complexity index is 2130. The molecule has 2 aliphatic heterocycles. The van der Waals surface area contributed by atoms with E-state index >= 15 is 0 Å². The van der Waals surface area contributed by atoms with Crippen LogP contribution in [0.1, 0.15) is 89.3 Å². The minimum absolute atomic E-state index is 0.0235. The normalized spacial score (nSPS) is 21.0. The van der Waals surface area contributed by atoms with Crippen molar-refractivity contribution in [3.63, 3.8) is 0 Å². The van der Waals surface area contributed by atoms with E-state index in [2.05, 4.69) is 61.0 Å². The van der Waals surface area contributed by atoms with Gasteiger partial charge in [-0.1, -0.05) is 149 Å². The fourth-order valence-corrected chi connectivity index (χ4v) is 14.4. The number of nitrogens with zero attached hydrogens (tertiary/aromatic N) is 1. The third-order valence-corrected chi connectivity index (χ3v) is 18.0. The maximum absolute atomic E-state index is 14.6. The van der Waals surface area contributed by atoms with Crippen LogP contribution in [0.15, 0.2) is 115 Å². The lowest BCUT2D eigenvalue weighted by molar-refractivity contribution is -0.144. The van der Waals surface area contributed by atoms with Crippen molar-refractivity contribution < 1.29 is 28.4 Å². The van der Waals surface area contributed by atoms with E-state index in [0.29, 0.717) is 51.5 Å². The van der Waals surface area contributed by atoms with Crippen LogP contribution < -0.4 is 26.3 Å². The molecule has 2 heterocycles. The average molecular weight is 841 g/mol. The lowest BCUT2D eigenvalue weighted by Crippen LogP contribution is -2.68. The first-order chi connectivity index (χ1) is 29.3. The van der Waals surface area contributed by atoms with Crippen LogP contribution in [0.4, 0.5) is 0 Å². The first-order valence-corrected chi connectivity index (χ1v) is 23.9. The standard InChI is InChI=1S/C50H60N4O6Si/c1-35(60-61(49(2,3)4,39-24-11-6-12-25-39)40-26-13-7-14-27-40)44(55)30-16-8-15-28-41-45(56)53-50(33-37-22-17-18-23-38(37)34-50)48(59)52-42(32-36-20-9-5-10-21-36)47(58)54-31-19-29-43(54)46(57)51-41/h5-7,9-14,17-18,20-27,35,41-43H,8,15-16,19,28-34H2,1-4H3,(H,51,57)(H,52,59)(H,53,56)/t35-,41+,42+,43-/m1/s1. The van der Waals surface area contributed by atoms with Crippen molar-refractivity contribution in [2.24, 2.45) is 0 Å². The van der Waals surface area contributed by atoms with Gasteiger partial charge in [-0.05, 0) is 64.7 Å². The minimum atomic E-state index is -2.92. The molecule has 2 saturated heterocycles. The molecule has 3 N–H and O–H groups in total.